The van der Waals surface area contributed by atoms with Crippen LogP contribution in [0.1, 0.15) is 13.0 Å². The Hall–Kier alpha value is -2.08. The second-order valence-electron chi connectivity index (χ2n) is 4.29. The van der Waals surface area contributed by atoms with Gasteiger partial charge < -0.3 is 15.8 Å². The summed E-state index contributed by atoms with van der Waals surface area (Å²) in [6.45, 7) is 2.76. The molecule has 102 valence electrons. The smallest absolute Gasteiger partial charge is 0.242 e. The maximum Gasteiger partial charge on any atom is 0.242 e. The number of nitrogens with zero attached hydrogens (tertiary/aromatic N) is 2. The van der Waals surface area contributed by atoms with Gasteiger partial charge in [0.2, 0.25) is 11.9 Å². The molecular formula is C13H18N4O2. The SMILES string of the molecule is COCCNC(=O)C(C)n1c(N)nc2ccccc21. The summed E-state index contributed by atoms with van der Waals surface area (Å²) in [6, 6.07) is 7.15. The first-order chi connectivity index (χ1) is 9.15. The molecule has 0 bridgehead atoms. The van der Waals surface area contributed by atoms with E-state index in [4.69, 9.17) is 10.5 Å². The van der Waals surface area contributed by atoms with Crippen molar-refractivity contribution >= 4 is 22.9 Å². The first kappa shape index (κ1) is 13.4. The number of aromatic nitrogens is 2. The molecule has 1 heterocycles. The molecule has 2 rings (SSSR count). The van der Waals surface area contributed by atoms with Crippen molar-refractivity contribution in [3.63, 3.8) is 0 Å². The Kier molecular flexibility index (Phi) is 4.01. The van der Waals surface area contributed by atoms with Crippen molar-refractivity contribution in [2.45, 2.75) is 13.0 Å². The predicted molar refractivity (Wildman–Crippen MR) is 73.7 cm³/mol. The summed E-state index contributed by atoms with van der Waals surface area (Å²) in [6.07, 6.45) is 0. The van der Waals surface area contributed by atoms with Gasteiger partial charge in [-0.15, -0.1) is 0 Å². The van der Waals surface area contributed by atoms with Gasteiger partial charge in [0.05, 0.1) is 17.6 Å². The van der Waals surface area contributed by atoms with E-state index in [9.17, 15) is 4.79 Å². The number of hydrogen-bond acceptors (Lipinski definition) is 4. The van der Waals surface area contributed by atoms with Crippen LogP contribution < -0.4 is 11.1 Å². The van der Waals surface area contributed by atoms with E-state index in [0.29, 0.717) is 19.1 Å². The summed E-state index contributed by atoms with van der Waals surface area (Å²) in [5.41, 5.74) is 7.54. The van der Waals surface area contributed by atoms with E-state index < -0.39 is 6.04 Å². The number of hydrogen-bond donors (Lipinski definition) is 2. The number of rotatable bonds is 5. The van der Waals surface area contributed by atoms with Crippen LogP contribution in [0.5, 0.6) is 0 Å². The van der Waals surface area contributed by atoms with Crippen LogP contribution in [0.2, 0.25) is 0 Å². The number of anilines is 1. The maximum atomic E-state index is 12.0. The molecule has 0 aliphatic rings. The Bertz CT molecular complexity index is 579. The summed E-state index contributed by atoms with van der Waals surface area (Å²) >= 11 is 0. The molecule has 1 amide bonds. The van der Waals surface area contributed by atoms with Crippen molar-refractivity contribution in [3.05, 3.63) is 24.3 Å². The summed E-state index contributed by atoms with van der Waals surface area (Å²) < 4.78 is 6.63. The van der Waals surface area contributed by atoms with E-state index in [-0.39, 0.29) is 5.91 Å². The highest BCUT2D eigenvalue weighted by atomic mass is 16.5. The standard InChI is InChI=1S/C13H18N4O2/c1-9(12(18)15-7-8-19-2)17-11-6-4-3-5-10(11)16-13(17)14/h3-6,9H,7-8H2,1-2H3,(H2,14,16)(H,15,18). The monoisotopic (exact) mass is 262 g/mol. The maximum absolute atomic E-state index is 12.0. The van der Waals surface area contributed by atoms with Crippen LogP contribution >= 0.6 is 0 Å². The molecule has 6 heteroatoms. The Labute approximate surface area is 111 Å². The van der Waals surface area contributed by atoms with Gasteiger partial charge in [-0.25, -0.2) is 4.98 Å². The number of nitrogens with one attached hydrogen (secondary N) is 1. The number of nitrogens with two attached hydrogens (primary N) is 1. The molecule has 1 aromatic heterocycles. The average Bonchev–Trinajstić information content (AvgIpc) is 2.74. The molecule has 1 aromatic carbocycles. The topological polar surface area (TPSA) is 82.2 Å². The second kappa shape index (κ2) is 5.71. The van der Waals surface area contributed by atoms with Crippen LogP contribution in [0, 0.1) is 0 Å². The lowest BCUT2D eigenvalue weighted by Crippen LogP contribution is -2.33. The number of imidazole rings is 1. The van der Waals surface area contributed by atoms with Crippen molar-refractivity contribution in [3.8, 4) is 0 Å². The summed E-state index contributed by atoms with van der Waals surface area (Å²) in [5, 5.41) is 2.80. The molecule has 0 fully saturated rings. The van der Waals surface area contributed by atoms with Crippen molar-refractivity contribution < 1.29 is 9.53 Å². The zero-order valence-electron chi connectivity index (χ0n) is 11.1. The molecular weight excluding hydrogens is 244 g/mol. The first-order valence-corrected chi connectivity index (χ1v) is 6.14. The van der Waals surface area contributed by atoms with Crippen LogP contribution in [-0.2, 0) is 9.53 Å². The van der Waals surface area contributed by atoms with Gasteiger partial charge in [0.1, 0.15) is 6.04 Å². The number of carbonyl (C=O) groups is 1. The molecule has 1 unspecified atom stereocenters. The summed E-state index contributed by atoms with van der Waals surface area (Å²) in [5.74, 6) is 0.238. The van der Waals surface area contributed by atoms with E-state index in [1.54, 1.807) is 18.6 Å². The van der Waals surface area contributed by atoms with Crippen LogP contribution in [0.25, 0.3) is 11.0 Å². The van der Waals surface area contributed by atoms with E-state index in [2.05, 4.69) is 10.3 Å². The van der Waals surface area contributed by atoms with E-state index in [0.717, 1.165) is 11.0 Å². The lowest BCUT2D eigenvalue weighted by molar-refractivity contribution is -0.123. The largest absolute Gasteiger partial charge is 0.383 e. The number of amides is 1. The normalized spacial score (nSPS) is 12.5. The highest BCUT2D eigenvalue weighted by molar-refractivity contribution is 5.85. The lowest BCUT2D eigenvalue weighted by atomic mass is 10.2. The van der Waals surface area contributed by atoms with E-state index in [1.165, 1.54) is 0 Å². The third kappa shape index (κ3) is 2.68. The molecule has 19 heavy (non-hydrogen) atoms. The molecule has 0 spiro atoms. The minimum atomic E-state index is -0.413. The van der Waals surface area contributed by atoms with Gasteiger partial charge in [-0.1, -0.05) is 12.1 Å². The Morgan fingerprint density at radius 3 is 3.00 bits per heavy atom. The molecule has 0 aliphatic carbocycles. The minimum Gasteiger partial charge on any atom is -0.383 e. The first-order valence-electron chi connectivity index (χ1n) is 6.14. The summed E-state index contributed by atoms with van der Waals surface area (Å²) in [7, 11) is 1.59. The molecule has 2 aromatic rings. The van der Waals surface area contributed by atoms with Gasteiger partial charge in [0.25, 0.3) is 0 Å². The van der Waals surface area contributed by atoms with Crippen LogP contribution in [0.4, 0.5) is 5.95 Å². The fourth-order valence-electron chi connectivity index (χ4n) is 2.01. The van der Waals surface area contributed by atoms with Crippen molar-refractivity contribution in [1.82, 2.24) is 14.9 Å². The second-order valence-corrected chi connectivity index (χ2v) is 4.29. The average molecular weight is 262 g/mol. The van der Waals surface area contributed by atoms with Crippen molar-refractivity contribution in [2.75, 3.05) is 26.0 Å². The zero-order valence-corrected chi connectivity index (χ0v) is 11.1. The number of para-hydroxylation sites is 2. The molecule has 0 aliphatic heterocycles. The van der Waals surface area contributed by atoms with Gasteiger partial charge in [-0.2, -0.15) is 0 Å². The Morgan fingerprint density at radius 1 is 1.53 bits per heavy atom. The lowest BCUT2D eigenvalue weighted by Gasteiger charge is -2.15. The quantitative estimate of drug-likeness (QED) is 0.786. The number of ether oxygens (including phenoxy) is 1. The highest BCUT2D eigenvalue weighted by Gasteiger charge is 2.19. The number of nitrogen functional groups attached to an aromatic ring is 1. The fraction of sp³-hybridized carbons (Fsp3) is 0.385. The van der Waals surface area contributed by atoms with Gasteiger partial charge in [0, 0.05) is 13.7 Å². The minimum absolute atomic E-state index is 0.105. The molecule has 3 N–H and O–H groups in total. The molecule has 6 nitrogen and oxygen atoms in total. The van der Waals surface area contributed by atoms with E-state index >= 15 is 0 Å². The zero-order chi connectivity index (χ0) is 13.8. The van der Waals surface area contributed by atoms with Crippen LogP contribution in [0.15, 0.2) is 24.3 Å². The third-order valence-corrected chi connectivity index (χ3v) is 3.00. The van der Waals surface area contributed by atoms with Crippen LogP contribution in [-0.4, -0.2) is 35.7 Å². The van der Waals surface area contributed by atoms with Gasteiger partial charge >= 0.3 is 0 Å². The third-order valence-electron chi connectivity index (χ3n) is 3.00. The number of fused-ring (bicyclic) bond motifs is 1. The van der Waals surface area contributed by atoms with Gasteiger partial charge in [0.15, 0.2) is 0 Å². The predicted octanol–water partition coefficient (Wildman–Crippen LogP) is 0.942. The number of methoxy groups -OCH3 is 1. The van der Waals surface area contributed by atoms with Crippen molar-refractivity contribution in [2.24, 2.45) is 0 Å². The van der Waals surface area contributed by atoms with Crippen LogP contribution in [0.3, 0.4) is 0 Å². The fourth-order valence-corrected chi connectivity index (χ4v) is 2.01. The number of benzene rings is 1. The highest BCUT2D eigenvalue weighted by Crippen LogP contribution is 2.22. The van der Waals surface area contributed by atoms with E-state index in [1.807, 2.05) is 24.3 Å². The molecule has 0 saturated heterocycles. The Balaban J connectivity index is 2.23. The summed E-state index contributed by atoms with van der Waals surface area (Å²) in [4.78, 5) is 16.3. The Morgan fingerprint density at radius 2 is 2.26 bits per heavy atom. The van der Waals surface area contributed by atoms with Gasteiger partial charge in [-0.05, 0) is 19.1 Å². The number of carbonyl (C=O) groups excluding carboxylic acids is 1. The molecule has 0 saturated carbocycles. The molecule has 1 atom stereocenters. The molecule has 0 radical (unpaired) electrons. The van der Waals surface area contributed by atoms with Gasteiger partial charge in [-0.3, -0.25) is 9.36 Å². The van der Waals surface area contributed by atoms with Crippen molar-refractivity contribution in [1.29, 1.82) is 0 Å².